The summed E-state index contributed by atoms with van der Waals surface area (Å²) in [6.45, 7) is 8.93. The molecule has 2 heterocycles. The topological polar surface area (TPSA) is 31.4 Å². The van der Waals surface area contributed by atoms with E-state index in [-0.39, 0.29) is 0 Å². The molecule has 3 rings (SSSR count). The van der Waals surface area contributed by atoms with Crippen LogP contribution < -0.4 is 10.2 Å². The maximum Gasteiger partial charge on any atom is 0.0562 e. The molecule has 0 aromatic carbocycles. The van der Waals surface area contributed by atoms with Gasteiger partial charge in [-0.2, -0.15) is 0 Å². The monoisotopic (exact) mass is 260 g/mol. The van der Waals surface area contributed by atoms with E-state index in [1.165, 1.54) is 43.9 Å². The number of hydrogen-bond acceptors (Lipinski definition) is 4. The highest BCUT2D eigenvalue weighted by Gasteiger charge is 2.20. The Labute approximate surface area is 115 Å². The fourth-order valence-corrected chi connectivity index (χ4v) is 2.62. The van der Waals surface area contributed by atoms with Crippen LogP contribution in [0.2, 0.25) is 0 Å². The number of pyridine rings is 1. The van der Waals surface area contributed by atoms with Gasteiger partial charge in [-0.15, -0.1) is 0 Å². The lowest BCUT2D eigenvalue weighted by Crippen LogP contribution is -2.46. The third kappa shape index (κ3) is 3.45. The molecule has 4 nitrogen and oxygen atoms in total. The molecule has 104 valence electrons. The molecule has 2 aliphatic rings. The lowest BCUT2D eigenvalue weighted by Gasteiger charge is -2.35. The highest BCUT2D eigenvalue weighted by atomic mass is 15.3. The number of piperazine rings is 1. The number of anilines is 1. The van der Waals surface area contributed by atoms with Crippen molar-refractivity contribution in [1.82, 2.24) is 15.2 Å². The lowest BCUT2D eigenvalue weighted by atomic mass is 10.2. The summed E-state index contributed by atoms with van der Waals surface area (Å²) in [4.78, 5) is 9.45. The Kier molecular flexibility index (Phi) is 3.99. The molecule has 0 unspecified atom stereocenters. The minimum atomic E-state index is 0.749. The average molecular weight is 260 g/mol. The molecule has 0 atom stereocenters. The van der Waals surface area contributed by atoms with E-state index in [4.69, 9.17) is 0 Å². The molecule has 4 heteroatoms. The first kappa shape index (κ1) is 12.9. The van der Waals surface area contributed by atoms with Gasteiger partial charge >= 0.3 is 0 Å². The molecule has 1 aliphatic carbocycles. The molecule has 0 bridgehead atoms. The van der Waals surface area contributed by atoms with Crippen molar-refractivity contribution >= 4 is 5.69 Å². The van der Waals surface area contributed by atoms with E-state index in [0.29, 0.717) is 0 Å². The normalized spacial score (nSPS) is 20.8. The van der Waals surface area contributed by atoms with E-state index < -0.39 is 0 Å². The number of rotatable bonds is 5. The highest BCUT2D eigenvalue weighted by molar-refractivity contribution is 5.47. The van der Waals surface area contributed by atoms with Crippen LogP contribution >= 0.6 is 0 Å². The van der Waals surface area contributed by atoms with Gasteiger partial charge < -0.3 is 15.1 Å². The molecular weight excluding hydrogens is 236 g/mol. The van der Waals surface area contributed by atoms with Crippen molar-refractivity contribution in [3.8, 4) is 0 Å². The van der Waals surface area contributed by atoms with Gasteiger partial charge in [-0.1, -0.05) is 6.92 Å². The summed E-state index contributed by atoms with van der Waals surface area (Å²) >= 11 is 0. The molecule has 1 saturated heterocycles. The minimum Gasteiger partial charge on any atom is -0.369 e. The molecule has 1 aromatic heterocycles. The van der Waals surface area contributed by atoms with Gasteiger partial charge in [0.1, 0.15) is 0 Å². The minimum absolute atomic E-state index is 0.749. The van der Waals surface area contributed by atoms with Crippen LogP contribution in [0.3, 0.4) is 0 Å². The molecule has 0 radical (unpaired) electrons. The second kappa shape index (κ2) is 5.88. The van der Waals surface area contributed by atoms with Gasteiger partial charge in [0.15, 0.2) is 0 Å². The number of hydrogen-bond donors (Lipinski definition) is 1. The van der Waals surface area contributed by atoms with Crippen molar-refractivity contribution < 1.29 is 0 Å². The van der Waals surface area contributed by atoms with Crippen LogP contribution in [0.4, 0.5) is 5.69 Å². The Morgan fingerprint density at radius 1 is 1.26 bits per heavy atom. The highest BCUT2D eigenvalue weighted by Crippen LogP contribution is 2.20. The Bertz CT molecular complexity index is 408. The summed E-state index contributed by atoms with van der Waals surface area (Å²) in [5.41, 5.74) is 2.50. The van der Waals surface area contributed by atoms with Crippen LogP contribution in [0.25, 0.3) is 0 Å². The van der Waals surface area contributed by atoms with E-state index in [0.717, 1.165) is 25.7 Å². The molecule has 1 N–H and O–H groups in total. The molecule has 1 aliphatic heterocycles. The van der Waals surface area contributed by atoms with Gasteiger partial charge in [0, 0.05) is 50.6 Å². The largest absolute Gasteiger partial charge is 0.369 e. The summed E-state index contributed by atoms with van der Waals surface area (Å²) < 4.78 is 0. The number of nitrogens with one attached hydrogen (secondary N) is 1. The maximum absolute atomic E-state index is 4.47. The smallest absolute Gasteiger partial charge is 0.0562 e. The van der Waals surface area contributed by atoms with Crippen molar-refractivity contribution in [3.05, 3.63) is 24.0 Å². The summed E-state index contributed by atoms with van der Waals surface area (Å²) in [7, 11) is 0. The van der Waals surface area contributed by atoms with Gasteiger partial charge in [-0.05, 0) is 31.5 Å². The SMILES string of the molecule is CCN1CCN(c2ccnc(CNC3CC3)c2)CC1. The third-order valence-electron chi connectivity index (χ3n) is 4.13. The van der Waals surface area contributed by atoms with Crippen LogP contribution in [-0.2, 0) is 6.54 Å². The molecule has 2 fully saturated rings. The predicted molar refractivity (Wildman–Crippen MR) is 78.4 cm³/mol. The quantitative estimate of drug-likeness (QED) is 0.869. The molecule has 19 heavy (non-hydrogen) atoms. The van der Waals surface area contributed by atoms with Crippen LogP contribution in [0, 0.1) is 0 Å². The number of likely N-dealkylation sites (N-methyl/N-ethyl adjacent to an activating group) is 1. The van der Waals surface area contributed by atoms with Crippen LogP contribution in [-0.4, -0.2) is 48.6 Å². The van der Waals surface area contributed by atoms with E-state index in [9.17, 15) is 0 Å². The van der Waals surface area contributed by atoms with E-state index in [1.807, 2.05) is 6.20 Å². The number of nitrogens with zero attached hydrogens (tertiary/aromatic N) is 3. The molecule has 0 amide bonds. The fraction of sp³-hybridized carbons (Fsp3) is 0.667. The van der Waals surface area contributed by atoms with E-state index in [2.05, 4.69) is 39.2 Å². The number of aromatic nitrogens is 1. The van der Waals surface area contributed by atoms with Crippen molar-refractivity contribution in [3.63, 3.8) is 0 Å². The van der Waals surface area contributed by atoms with E-state index in [1.54, 1.807) is 0 Å². The second-order valence-electron chi connectivity index (χ2n) is 5.58. The van der Waals surface area contributed by atoms with Gasteiger partial charge in [0.25, 0.3) is 0 Å². The fourth-order valence-electron chi connectivity index (χ4n) is 2.62. The summed E-state index contributed by atoms with van der Waals surface area (Å²) in [5, 5.41) is 3.53. The standard InChI is InChI=1S/C15H24N4/c1-2-18-7-9-19(10-8-18)15-5-6-16-14(11-15)12-17-13-3-4-13/h5-6,11,13,17H,2-4,7-10,12H2,1H3. The zero-order valence-corrected chi connectivity index (χ0v) is 11.8. The van der Waals surface area contributed by atoms with Crippen LogP contribution in [0.15, 0.2) is 18.3 Å². The zero-order chi connectivity index (χ0) is 13.1. The van der Waals surface area contributed by atoms with E-state index >= 15 is 0 Å². The van der Waals surface area contributed by atoms with Crippen molar-refractivity contribution in [1.29, 1.82) is 0 Å². The molecule has 1 aromatic rings. The maximum atomic E-state index is 4.47. The lowest BCUT2D eigenvalue weighted by molar-refractivity contribution is 0.271. The van der Waals surface area contributed by atoms with Gasteiger partial charge in [-0.25, -0.2) is 0 Å². The Hall–Kier alpha value is -1.13. The third-order valence-corrected chi connectivity index (χ3v) is 4.13. The predicted octanol–water partition coefficient (Wildman–Crippen LogP) is 1.48. The first-order valence-corrected chi connectivity index (χ1v) is 7.51. The summed E-state index contributed by atoms with van der Waals surface area (Å²) in [6, 6.07) is 5.14. The molecule has 0 spiro atoms. The molecule has 1 saturated carbocycles. The van der Waals surface area contributed by atoms with Crippen molar-refractivity contribution in [2.24, 2.45) is 0 Å². The van der Waals surface area contributed by atoms with Gasteiger partial charge in [0.05, 0.1) is 5.69 Å². The summed E-state index contributed by atoms with van der Waals surface area (Å²) in [5.74, 6) is 0. The molecular formula is C15H24N4. The van der Waals surface area contributed by atoms with Gasteiger partial charge in [-0.3, -0.25) is 4.98 Å². The summed E-state index contributed by atoms with van der Waals surface area (Å²) in [6.07, 6.45) is 4.61. The first-order valence-electron chi connectivity index (χ1n) is 7.51. The van der Waals surface area contributed by atoms with Crippen molar-refractivity contribution in [2.45, 2.75) is 32.4 Å². The Morgan fingerprint density at radius 3 is 2.74 bits per heavy atom. The van der Waals surface area contributed by atoms with Crippen molar-refractivity contribution in [2.75, 3.05) is 37.6 Å². The van der Waals surface area contributed by atoms with Gasteiger partial charge in [0.2, 0.25) is 0 Å². The Morgan fingerprint density at radius 2 is 2.05 bits per heavy atom. The van der Waals surface area contributed by atoms with Crippen LogP contribution in [0.5, 0.6) is 0 Å². The first-order chi connectivity index (χ1) is 9.35. The Balaban J connectivity index is 1.58. The second-order valence-corrected chi connectivity index (χ2v) is 5.58. The average Bonchev–Trinajstić information content (AvgIpc) is 3.30. The zero-order valence-electron chi connectivity index (χ0n) is 11.8. The van der Waals surface area contributed by atoms with Crippen LogP contribution in [0.1, 0.15) is 25.5 Å².